The number of carbonyl (C=O) groups excluding carboxylic acids is 2. The summed E-state index contributed by atoms with van der Waals surface area (Å²) in [4.78, 5) is 24.5. The third kappa shape index (κ3) is 10.4. The number of hydrogen-bond acceptors (Lipinski definition) is 7. The summed E-state index contributed by atoms with van der Waals surface area (Å²) in [5.41, 5.74) is 5.93. The lowest BCUT2D eigenvalue weighted by molar-refractivity contribution is -0.268. The molecule has 1 aliphatic heterocycles. The summed E-state index contributed by atoms with van der Waals surface area (Å²) in [6.07, 6.45) is 2.11. The number of nitrogens with one attached hydrogen (secondary N) is 2. The van der Waals surface area contributed by atoms with Crippen LogP contribution in [-0.4, -0.2) is 42.4 Å². The maximum Gasteiger partial charge on any atom is 0.220 e. The molecule has 0 aromatic heterocycles. The van der Waals surface area contributed by atoms with E-state index < -0.39 is 6.29 Å². The fourth-order valence-electron chi connectivity index (χ4n) is 6.09. The Bertz CT molecular complexity index is 1700. The number of aliphatic hydroxyl groups excluding tert-OH is 1. The van der Waals surface area contributed by atoms with Crippen LogP contribution in [0, 0.1) is 5.92 Å². The lowest BCUT2D eigenvalue weighted by atomic mass is 9.91. The van der Waals surface area contributed by atoms with E-state index in [9.17, 15) is 14.7 Å². The third-order valence-electron chi connectivity index (χ3n) is 8.96. The van der Waals surface area contributed by atoms with Gasteiger partial charge in [0.1, 0.15) is 5.75 Å². The van der Waals surface area contributed by atoms with E-state index in [0.29, 0.717) is 19.5 Å². The Morgan fingerprint density at radius 1 is 0.820 bits per heavy atom. The first-order chi connectivity index (χ1) is 24.3. The molecule has 0 radical (unpaired) electrons. The number of rotatable bonds is 16. The Morgan fingerprint density at radius 2 is 1.58 bits per heavy atom. The van der Waals surface area contributed by atoms with Crippen molar-refractivity contribution in [2.45, 2.75) is 76.1 Å². The molecule has 9 heteroatoms. The normalized spacial score (nSPS) is 18.7. The highest BCUT2D eigenvalue weighted by atomic mass is 32.2. The van der Waals surface area contributed by atoms with Crippen LogP contribution in [0.3, 0.4) is 0 Å². The number of ether oxygens (including phenoxy) is 3. The second-order valence-corrected chi connectivity index (χ2v) is 13.7. The highest BCUT2D eigenvalue weighted by Crippen LogP contribution is 2.44. The molecule has 0 aliphatic carbocycles. The molecule has 4 aromatic carbocycles. The van der Waals surface area contributed by atoms with Gasteiger partial charge in [-0.1, -0.05) is 86.1 Å². The van der Waals surface area contributed by atoms with Crippen molar-refractivity contribution in [3.8, 4) is 16.9 Å². The maximum absolute atomic E-state index is 12.5. The van der Waals surface area contributed by atoms with Crippen molar-refractivity contribution in [2.75, 3.05) is 19.4 Å². The van der Waals surface area contributed by atoms with E-state index in [0.717, 1.165) is 69.0 Å². The number of amides is 2. The highest BCUT2D eigenvalue weighted by Gasteiger charge is 2.38. The Labute approximate surface area is 299 Å². The Hall–Kier alpha value is -4.15. The second-order valence-electron chi connectivity index (χ2n) is 12.7. The third-order valence-corrected chi connectivity index (χ3v) is 10.1. The van der Waals surface area contributed by atoms with Gasteiger partial charge in [0.2, 0.25) is 11.8 Å². The van der Waals surface area contributed by atoms with Crippen LogP contribution in [0.1, 0.15) is 74.2 Å². The molecule has 264 valence electrons. The van der Waals surface area contributed by atoms with Crippen molar-refractivity contribution in [3.63, 3.8) is 0 Å². The SMILES string of the molecule is COc1ccccc1SCC1OC(c2cccc(-c3cccc(CNC(=O)CCCCCNC(C)=O)c3)c2)OC(c2ccc(CO)cc2)C1C. The van der Waals surface area contributed by atoms with Crippen molar-refractivity contribution in [1.29, 1.82) is 0 Å². The van der Waals surface area contributed by atoms with Crippen molar-refractivity contribution in [1.82, 2.24) is 10.6 Å². The first-order valence-corrected chi connectivity index (χ1v) is 18.3. The summed E-state index contributed by atoms with van der Waals surface area (Å²) < 4.78 is 19.1. The lowest BCUT2D eigenvalue weighted by Gasteiger charge is -2.41. The molecule has 4 atom stereocenters. The average molecular weight is 697 g/mol. The molecule has 1 aliphatic rings. The Morgan fingerprint density at radius 3 is 2.34 bits per heavy atom. The van der Waals surface area contributed by atoms with E-state index in [1.165, 1.54) is 6.92 Å². The van der Waals surface area contributed by atoms with Gasteiger partial charge in [-0.15, -0.1) is 11.8 Å². The smallest absolute Gasteiger partial charge is 0.220 e. The van der Waals surface area contributed by atoms with Crippen LogP contribution >= 0.6 is 11.8 Å². The minimum Gasteiger partial charge on any atom is -0.496 e. The van der Waals surface area contributed by atoms with Gasteiger partial charge in [-0.3, -0.25) is 9.59 Å². The second kappa shape index (κ2) is 18.7. The van der Waals surface area contributed by atoms with Crippen molar-refractivity contribution in [2.24, 2.45) is 5.92 Å². The molecule has 1 heterocycles. The largest absolute Gasteiger partial charge is 0.496 e. The number of aliphatic hydroxyl groups is 1. The Balaban J connectivity index is 1.28. The molecule has 0 saturated carbocycles. The molecule has 5 rings (SSSR count). The number of thioether (sulfide) groups is 1. The number of carbonyl (C=O) groups is 2. The van der Waals surface area contributed by atoms with Gasteiger partial charge in [0.15, 0.2) is 6.29 Å². The molecular weight excluding hydrogens is 649 g/mol. The minimum atomic E-state index is -0.586. The molecule has 50 heavy (non-hydrogen) atoms. The van der Waals surface area contributed by atoms with Gasteiger partial charge >= 0.3 is 0 Å². The van der Waals surface area contributed by atoms with Gasteiger partial charge in [-0.2, -0.15) is 0 Å². The molecule has 1 fully saturated rings. The average Bonchev–Trinajstić information content (AvgIpc) is 3.15. The Kier molecular flexibility index (Phi) is 13.9. The van der Waals surface area contributed by atoms with Gasteiger partial charge < -0.3 is 30.0 Å². The number of unbranched alkanes of at least 4 members (excludes halogenated alkanes) is 2. The number of methoxy groups -OCH3 is 1. The van der Waals surface area contributed by atoms with Gasteiger partial charge in [0.25, 0.3) is 0 Å². The molecule has 4 unspecified atom stereocenters. The number of benzene rings is 4. The molecule has 0 bridgehead atoms. The molecule has 8 nitrogen and oxygen atoms in total. The van der Waals surface area contributed by atoms with Crippen LogP contribution < -0.4 is 15.4 Å². The van der Waals surface area contributed by atoms with E-state index in [2.05, 4.69) is 47.9 Å². The van der Waals surface area contributed by atoms with E-state index in [-0.39, 0.29) is 36.5 Å². The standard InChI is InChI=1S/C41H48N2O6S/c1-28-37(27-50-38-16-7-6-15-36(38)47-3)48-41(49-40(28)32-20-18-30(26-44)19-21-32)35-14-10-13-34(24-35)33-12-9-11-31(23-33)25-43-39(46)17-5-4-8-22-42-29(2)45/h6-7,9-16,18-21,23-24,28,37,40-41,44H,4-5,8,17,22,25-27H2,1-3H3,(H,42,45)(H,43,46). The van der Waals surface area contributed by atoms with E-state index in [4.69, 9.17) is 14.2 Å². The van der Waals surface area contributed by atoms with Crippen LogP contribution in [0.4, 0.5) is 0 Å². The lowest BCUT2D eigenvalue weighted by Crippen LogP contribution is -2.38. The van der Waals surface area contributed by atoms with Crippen LogP contribution in [0.5, 0.6) is 5.75 Å². The van der Waals surface area contributed by atoms with Gasteiger partial charge in [-0.25, -0.2) is 0 Å². The molecule has 4 aromatic rings. The predicted molar refractivity (Wildman–Crippen MR) is 198 cm³/mol. The van der Waals surface area contributed by atoms with Crippen molar-refractivity contribution >= 4 is 23.6 Å². The molecule has 0 spiro atoms. The molecule has 2 amide bonds. The predicted octanol–water partition coefficient (Wildman–Crippen LogP) is 7.75. The zero-order valence-electron chi connectivity index (χ0n) is 29.1. The first-order valence-electron chi connectivity index (χ1n) is 17.3. The summed E-state index contributed by atoms with van der Waals surface area (Å²) in [5.74, 6) is 1.62. The number of hydrogen-bond donors (Lipinski definition) is 3. The fourth-order valence-corrected chi connectivity index (χ4v) is 7.28. The van der Waals surface area contributed by atoms with Crippen LogP contribution in [0.25, 0.3) is 11.1 Å². The zero-order chi connectivity index (χ0) is 35.3. The molecule has 1 saturated heterocycles. The molecular formula is C41H48N2O6S. The summed E-state index contributed by atoms with van der Waals surface area (Å²) >= 11 is 1.72. The summed E-state index contributed by atoms with van der Waals surface area (Å²) in [7, 11) is 1.69. The highest BCUT2D eigenvalue weighted by molar-refractivity contribution is 7.99. The zero-order valence-corrected chi connectivity index (χ0v) is 29.9. The van der Waals surface area contributed by atoms with Crippen molar-refractivity contribution in [3.05, 3.63) is 119 Å². The summed E-state index contributed by atoms with van der Waals surface area (Å²) in [6.45, 7) is 4.77. The summed E-state index contributed by atoms with van der Waals surface area (Å²) in [5, 5.41) is 15.4. The van der Waals surface area contributed by atoms with Crippen LogP contribution in [-0.2, 0) is 32.2 Å². The monoisotopic (exact) mass is 696 g/mol. The van der Waals surface area contributed by atoms with Crippen LogP contribution in [0.15, 0.2) is 102 Å². The topological polar surface area (TPSA) is 106 Å². The maximum atomic E-state index is 12.5. The van der Waals surface area contributed by atoms with Gasteiger partial charge in [0, 0.05) is 48.6 Å². The minimum absolute atomic E-state index is 0.00619. The first kappa shape index (κ1) is 37.1. The summed E-state index contributed by atoms with van der Waals surface area (Å²) in [6, 6.07) is 32.5. The van der Waals surface area contributed by atoms with Crippen molar-refractivity contribution < 1.29 is 28.9 Å². The van der Waals surface area contributed by atoms with E-state index in [1.807, 2.05) is 66.7 Å². The number of para-hydroxylation sites is 1. The quantitative estimate of drug-likeness (QED) is 0.0813. The van der Waals surface area contributed by atoms with Crippen LogP contribution in [0.2, 0.25) is 0 Å². The van der Waals surface area contributed by atoms with E-state index in [1.54, 1.807) is 18.9 Å². The van der Waals surface area contributed by atoms with Gasteiger partial charge in [0.05, 0.1) is 25.9 Å². The van der Waals surface area contributed by atoms with Gasteiger partial charge in [-0.05, 0) is 64.9 Å². The molecule has 3 N–H and O–H groups in total. The fraction of sp³-hybridized carbons (Fsp3) is 0.366. The van der Waals surface area contributed by atoms with E-state index >= 15 is 0 Å².